The summed E-state index contributed by atoms with van der Waals surface area (Å²) in [6.07, 6.45) is 0. The highest BCUT2D eigenvalue weighted by atomic mass is 79.9. The molecular formula is C19H17BrN4O3S2. The van der Waals surface area contributed by atoms with Gasteiger partial charge in [-0.3, -0.25) is 14.9 Å². The van der Waals surface area contributed by atoms with Gasteiger partial charge in [-0.2, -0.15) is 0 Å². The summed E-state index contributed by atoms with van der Waals surface area (Å²) in [6.45, 7) is 0.808. The molecule has 3 aromatic rings. The number of ether oxygens (including phenoxy) is 1. The number of hydrogen-bond donors (Lipinski definition) is 2. The molecule has 0 radical (unpaired) electrons. The van der Waals surface area contributed by atoms with Crippen molar-refractivity contribution in [1.29, 1.82) is 0 Å². The lowest BCUT2D eigenvalue weighted by molar-refractivity contribution is -0.118. The van der Waals surface area contributed by atoms with Crippen molar-refractivity contribution in [1.82, 2.24) is 15.5 Å². The smallest absolute Gasteiger partial charge is 0.258 e. The van der Waals surface area contributed by atoms with Gasteiger partial charge in [0.05, 0.1) is 17.9 Å². The fourth-order valence-electron chi connectivity index (χ4n) is 2.18. The first-order valence-electron chi connectivity index (χ1n) is 8.58. The van der Waals surface area contributed by atoms with Crippen molar-refractivity contribution >= 4 is 56.0 Å². The highest BCUT2D eigenvalue weighted by Crippen LogP contribution is 2.26. The van der Waals surface area contributed by atoms with Crippen LogP contribution >= 0.6 is 39.0 Å². The van der Waals surface area contributed by atoms with Crippen LogP contribution in [0.4, 0.5) is 5.13 Å². The maximum atomic E-state index is 12.3. The van der Waals surface area contributed by atoms with Gasteiger partial charge in [0.2, 0.25) is 11.0 Å². The Hall–Kier alpha value is -2.43. The van der Waals surface area contributed by atoms with Crippen molar-refractivity contribution in [2.24, 2.45) is 0 Å². The number of carbonyl (C=O) groups is 2. The molecular weight excluding hydrogens is 476 g/mol. The van der Waals surface area contributed by atoms with Gasteiger partial charge in [-0.05, 0) is 40.2 Å². The van der Waals surface area contributed by atoms with Gasteiger partial charge >= 0.3 is 0 Å². The molecule has 150 valence electrons. The maximum Gasteiger partial charge on any atom is 0.258 e. The minimum absolute atomic E-state index is 0.124. The number of para-hydroxylation sites is 1. The van der Waals surface area contributed by atoms with Crippen molar-refractivity contribution in [3.05, 3.63) is 64.6 Å². The maximum absolute atomic E-state index is 12.3. The minimum atomic E-state index is -0.277. The van der Waals surface area contributed by atoms with E-state index in [9.17, 15) is 9.59 Å². The summed E-state index contributed by atoms with van der Waals surface area (Å²) in [6, 6.07) is 16.5. The van der Waals surface area contributed by atoms with Crippen LogP contribution in [-0.4, -0.2) is 40.9 Å². The van der Waals surface area contributed by atoms with Gasteiger partial charge < -0.3 is 10.1 Å². The third-order valence-electron chi connectivity index (χ3n) is 3.51. The molecule has 0 saturated carbocycles. The molecule has 0 bridgehead atoms. The number of carbonyl (C=O) groups excluding carboxylic acids is 2. The van der Waals surface area contributed by atoms with E-state index in [0.29, 0.717) is 32.7 Å². The molecule has 10 heteroatoms. The Morgan fingerprint density at radius 3 is 2.62 bits per heavy atom. The summed E-state index contributed by atoms with van der Waals surface area (Å²) in [5.41, 5.74) is 0.508. The number of nitrogens with one attached hydrogen (secondary N) is 2. The van der Waals surface area contributed by atoms with E-state index < -0.39 is 0 Å². The number of thioether (sulfide) groups is 1. The Morgan fingerprint density at radius 1 is 1.07 bits per heavy atom. The van der Waals surface area contributed by atoms with Gasteiger partial charge in [-0.15, -0.1) is 10.2 Å². The summed E-state index contributed by atoms with van der Waals surface area (Å²) in [5.74, 6) is 0.571. The lowest BCUT2D eigenvalue weighted by atomic mass is 10.2. The topological polar surface area (TPSA) is 93.2 Å². The van der Waals surface area contributed by atoms with Crippen molar-refractivity contribution in [3.63, 3.8) is 0 Å². The fourth-order valence-corrected chi connectivity index (χ4v) is 4.22. The zero-order chi connectivity index (χ0) is 20.5. The highest BCUT2D eigenvalue weighted by Gasteiger charge is 2.13. The van der Waals surface area contributed by atoms with Gasteiger partial charge in [-0.25, -0.2) is 0 Å². The standard InChI is InChI=1S/C19H17BrN4O3S2/c20-15-9-5-4-8-14(15)17(26)22-18-23-24-19(29-18)28-12-16(25)21-10-11-27-13-6-2-1-3-7-13/h1-9H,10-12H2,(H,21,25)(H,22,23,26). The van der Waals surface area contributed by atoms with Crippen molar-refractivity contribution in [2.75, 3.05) is 24.2 Å². The predicted octanol–water partition coefficient (Wildman–Crippen LogP) is 3.84. The molecule has 0 aliphatic heterocycles. The summed E-state index contributed by atoms with van der Waals surface area (Å²) in [7, 11) is 0. The van der Waals surface area contributed by atoms with Crippen LogP contribution in [0.5, 0.6) is 5.75 Å². The van der Waals surface area contributed by atoms with Crippen LogP contribution in [0, 0.1) is 0 Å². The molecule has 29 heavy (non-hydrogen) atoms. The van der Waals surface area contributed by atoms with Crippen LogP contribution in [0.25, 0.3) is 0 Å². The van der Waals surface area contributed by atoms with Gasteiger partial charge in [0.1, 0.15) is 12.4 Å². The molecule has 0 spiro atoms. The molecule has 0 saturated heterocycles. The Labute approximate surface area is 184 Å². The number of aromatic nitrogens is 2. The Balaban J connectivity index is 1.38. The van der Waals surface area contributed by atoms with Gasteiger partial charge in [0.15, 0.2) is 4.34 Å². The van der Waals surface area contributed by atoms with Gasteiger partial charge in [-0.1, -0.05) is 53.4 Å². The summed E-state index contributed by atoms with van der Waals surface area (Å²) in [4.78, 5) is 24.2. The number of benzene rings is 2. The number of hydrogen-bond acceptors (Lipinski definition) is 7. The van der Waals surface area contributed by atoms with E-state index in [1.54, 1.807) is 18.2 Å². The number of anilines is 1. The summed E-state index contributed by atoms with van der Waals surface area (Å²) >= 11 is 5.82. The second kappa shape index (κ2) is 10.9. The number of halogens is 1. The normalized spacial score (nSPS) is 10.4. The van der Waals surface area contributed by atoms with Crippen LogP contribution in [-0.2, 0) is 4.79 Å². The number of nitrogens with zero attached hydrogens (tertiary/aromatic N) is 2. The molecule has 2 amide bonds. The van der Waals surface area contributed by atoms with Gasteiger partial charge in [0, 0.05) is 4.47 Å². The SMILES string of the molecule is O=C(CSc1nnc(NC(=O)c2ccccc2Br)s1)NCCOc1ccccc1. The second-order valence-electron chi connectivity index (χ2n) is 5.61. The van der Waals surface area contributed by atoms with Crippen LogP contribution in [0.1, 0.15) is 10.4 Å². The largest absolute Gasteiger partial charge is 0.492 e. The molecule has 0 unspecified atom stereocenters. The molecule has 0 aliphatic carbocycles. The van der Waals surface area contributed by atoms with Crippen LogP contribution in [0.3, 0.4) is 0 Å². The first-order valence-corrected chi connectivity index (χ1v) is 11.2. The first kappa shape index (κ1) is 21.3. The number of amides is 2. The van der Waals surface area contributed by atoms with E-state index in [0.717, 1.165) is 5.75 Å². The molecule has 7 nitrogen and oxygen atoms in total. The van der Waals surface area contributed by atoms with E-state index in [2.05, 4.69) is 36.8 Å². The van der Waals surface area contributed by atoms with E-state index in [-0.39, 0.29) is 17.6 Å². The van der Waals surface area contributed by atoms with E-state index in [4.69, 9.17) is 4.74 Å². The quantitative estimate of drug-likeness (QED) is 0.267. The molecule has 1 aromatic heterocycles. The Bertz CT molecular complexity index is 969. The van der Waals surface area contributed by atoms with Gasteiger partial charge in [0.25, 0.3) is 5.91 Å². The van der Waals surface area contributed by atoms with Crippen molar-refractivity contribution < 1.29 is 14.3 Å². The third-order valence-corrected chi connectivity index (χ3v) is 6.17. The van der Waals surface area contributed by atoms with Crippen molar-refractivity contribution in [2.45, 2.75) is 4.34 Å². The van der Waals surface area contributed by atoms with Crippen LogP contribution < -0.4 is 15.4 Å². The third kappa shape index (κ3) is 6.84. The summed E-state index contributed by atoms with van der Waals surface area (Å²) < 4.78 is 6.82. The molecule has 3 rings (SSSR count). The zero-order valence-electron chi connectivity index (χ0n) is 15.1. The summed E-state index contributed by atoms with van der Waals surface area (Å²) in [5, 5.41) is 13.8. The monoisotopic (exact) mass is 492 g/mol. The van der Waals surface area contributed by atoms with E-state index in [1.165, 1.54) is 23.1 Å². The Kier molecular flexibility index (Phi) is 8.03. The molecule has 0 atom stereocenters. The van der Waals surface area contributed by atoms with Crippen molar-refractivity contribution in [3.8, 4) is 5.75 Å². The first-order chi connectivity index (χ1) is 14.1. The second-order valence-corrected chi connectivity index (χ2v) is 8.66. The molecule has 0 fully saturated rings. The average molecular weight is 493 g/mol. The molecule has 2 aromatic carbocycles. The zero-order valence-corrected chi connectivity index (χ0v) is 18.4. The molecule has 1 heterocycles. The minimum Gasteiger partial charge on any atom is -0.492 e. The number of rotatable bonds is 9. The Morgan fingerprint density at radius 2 is 1.83 bits per heavy atom. The van der Waals surface area contributed by atoms with Crippen LogP contribution in [0.15, 0.2) is 63.4 Å². The lowest BCUT2D eigenvalue weighted by Crippen LogP contribution is -2.29. The highest BCUT2D eigenvalue weighted by molar-refractivity contribution is 9.10. The van der Waals surface area contributed by atoms with E-state index >= 15 is 0 Å². The van der Waals surface area contributed by atoms with Crippen LogP contribution in [0.2, 0.25) is 0 Å². The average Bonchev–Trinajstić information content (AvgIpc) is 3.18. The van der Waals surface area contributed by atoms with E-state index in [1.807, 2.05) is 36.4 Å². The molecule has 2 N–H and O–H groups in total. The fraction of sp³-hybridized carbons (Fsp3) is 0.158. The molecule has 0 aliphatic rings. The lowest BCUT2D eigenvalue weighted by Gasteiger charge is -2.07. The predicted molar refractivity (Wildman–Crippen MR) is 118 cm³/mol.